The third-order valence-electron chi connectivity index (χ3n) is 4.65. The van der Waals surface area contributed by atoms with Gasteiger partial charge < -0.3 is 5.32 Å². The van der Waals surface area contributed by atoms with Crippen LogP contribution in [0.4, 0.5) is 17.6 Å². The van der Waals surface area contributed by atoms with E-state index in [1.165, 1.54) is 11.1 Å². The quantitative estimate of drug-likeness (QED) is 0.452. The Morgan fingerprint density at radius 1 is 1.07 bits per heavy atom. The van der Waals surface area contributed by atoms with Crippen molar-refractivity contribution in [1.82, 2.24) is 5.32 Å². The van der Waals surface area contributed by atoms with Crippen LogP contribution in [0.15, 0.2) is 35.2 Å². The standard InChI is InChI=1S/C20H19F4NOS/c1-20(2,10-27-18-16(23)14(21)9-15(22)17(18)24)19(26)25-13-7-11-5-3-4-6-12(11)8-13/h3-6,9,13H,7-8,10H2,1-2H3,(H,25,26). The lowest BCUT2D eigenvalue weighted by Crippen LogP contribution is -2.44. The molecule has 2 aromatic rings. The van der Waals surface area contributed by atoms with E-state index in [1.54, 1.807) is 13.8 Å². The Kier molecular flexibility index (Phi) is 5.51. The Labute approximate surface area is 159 Å². The predicted molar refractivity (Wildman–Crippen MR) is 96.6 cm³/mol. The van der Waals surface area contributed by atoms with Crippen LogP contribution in [0.2, 0.25) is 0 Å². The molecular formula is C20H19F4NOS. The molecule has 2 nitrogen and oxygen atoms in total. The highest BCUT2D eigenvalue weighted by Gasteiger charge is 2.32. The Hall–Kier alpha value is -2.02. The fourth-order valence-electron chi connectivity index (χ4n) is 3.04. The van der Waals surface area contributed by atoms with E-state index in [-0.39, 0.29) is 23.8 Å². The average molecular weight is 397 g/mol. The van der Waals surface area contributed by atoms with E-state index >= 15 is 0 Å². The number of carbonyl (C=O) groups excluding carboxylic acids is 1. The number of halogens is 4. The molecule has 144 valence electrons. The number of benzene rings is 2. The van der Waals surface area contributed by atoms with Crippen LogP contribution in [-0.2, 0) is 17.6 Å². The van der Waals surface area contributed by atoms with Crippen LogP contribution >= 0.6 is 11.8 Å². The third kappa shape index (κ3) is 4.13. The van der Waals surface area contributed by atoms with Crippen LogP contribution in [0.1, 0.15) is 25.0 Å². The van der Waals surface area contributed by atoms with Gasteiger partial charge >= 0.3 is 0 Å². The van der Waals surface area contributed by atoms with E-state index in [0.29, 0.717) is 11.8 Å². The zero-order chi connectivity index (χ0) is 19.8. The molecule has 0 spiro atoms. The van der Waals surface area contributed by atoms with Crippen LogP contribution in [0.25, 0.3) is 0 Å². The van der Waals surface area contributed by atoms with Crippen molar-refractivity contribution in [2.75, 3.05) is 5.75 Å². The Morgan fingerprint density at radius 2 is 1.59 bits per heavy atom. The highest BCUT2D eigenvalue weighted by Crippen LogP contribution is 2.34. The second kappa shape index (κ2) is 7.54. The van der Waals surface area contributed by atoms with E-state index in [1.807, 2.05) is 24.3 Å². The zero-order valence-electron chi connectivity index (χ0n) is 14.9. The lowest BCUT2D eigenvalue weighted by molar-refractivity contribution is -0.128. The second-order valence-corrected chi connectivity index (χ2v) is 8.30. The van der Waals surface area contributed by atoms with Gasteiger partial charge in [0.15, 0.2) is 23.3 Å². The first-order valence-corrected chi connectivity index (χ1v) is 9.51. The van der Waals surface area contributed by atoms with Gasteiger partial charge in [0.2, 0.25) is 5.91 Å². The minimum atomic E-state index is -1.46. The smallest absolute Gasteiger partial charge is 0.226 e. The molecule has 0 atom stereocenters. The molecule has 7 heteroatoms. The molecule has 2 aromatic carbocycles. The van der Waals surface area contributed by atoms with Gasteiger partial charge in [0.1, 0.15) is 0 Å². The first kappa shape index (κ1) is 19.7. The first-order chi connectivity index (χ1) is 12.7. The van der Waals surface area contributed by atoms with Crippen molar-refractivity contribution in [2.24, 2.45) is 5.41 Å². The summed E-state index contributed by atoms with van der Waals surface area (Å²) in [5, 5.41) is 2.97. The number of carbonyl (C=O) groups is 1. The average Bonchev–Trinajstić information content (AvgIpc) is 3.02. The summed E-state index contributed by atoms with van der Waals surface area (Å²) in [5.41, 5.74) is 1.39. The molecule has 0 unspecified atom stereocenters. The van der Waals surface area contributed by atoms with Crippen molar-refractivity contribution in [2.45, 2.75) is 37.6 Å². The summed E-state index contributed by atoms with van der Waals surface area (Å²) in [7, 11) is 0. The predicted octanol–water partition coefficient (Wildman–Crippen LogP) is 4.64. The fourth-order valence-corrected chi connectivity index (χ4v) is 4.12. The van der Waals surface area contributed by atoms with Gasteiger partial charge in [-0.25, -0.2) is 17.6 Å². The number of fused-ring (bicyclic) bond motifs is 1. The summed E-state index contributed by atoms with van der Waals surface area (Å²) in [6.45, 7) is 3.26. The molecule has 0 saturated heterocycles. The Morgan fingerprint density at radius 3 is 2.11 bits per heavy atom. The number of rotatable bonds is 5. The van der Waals surface area contributed by atoms with Crippen molar-refractivity contribution in [3.05, 3.63) is 64.7 Å². The molecular weight excluding hydrogens is 378 g/mol. The van der Waals surface area contributed by atoms with Gasteiger partial charge in [-0.1, -0.05) is 38.1 Å². The minimum Gasteiger partial charge on any atom is -0.352 e. The van der Waals surface area contributed by atoms with E-state index in [4.69, 9.17) is 0 Å². The van der Waals surface area contributed by atoms with Crippen molar-refractivity contribution < 1.29 is 22.4 Å². The summed E-state index contributed by atoms with van der Waals surface area (Å²) in [4.78, 5) is 11.9. The molecule has 1 N–H and O–H groups in total. The maximum atomic E-state index is 13.8. The highest BCUT2D eigenvalue weighted by atomic mass is 32.2. The maximum absolute atomic E-state index is 13.8. The van der Waals surface area contributed by atoms with Crippen molar-refractivity contribution in [3.63, 3.8) is 0 Å². The molecule has 3 rings (SSSR count). The van der Waals surface area contributed by atoms with Gasteiger partial charge in [-0.2, -0.15) is 0 Å². The van der Waals surface area contributed by atoms with E-state index in [9.17, 15) is 22.4 Å². The van der Waals surface area contributed by atoms with Gasteiger partial charge in [0.25, 0.3) is 0 Å². The molecule has 0 bridgehead atoms. The van der Waals surface area contributed by atoms with Crippen LogP contribution in [-0.4, -0.2) is 17.7 Å². The number of nitrogens with one attached hydrogen (secondary N) is 1. The van der Waals surface area contributed by atoms with Crippen molar-refractivity contribution in [1.29, 1.82) is 0 Å². The minimum absolute atomic E-state index is 0.0325. The molecule has 0 aliphatic heterocycles. The van der Waals surface area contributed by atoms with Crippen molar-refractivity contribution in [3.8, 4) is 0 Å². The second-order valence-electron chi connectivity index (χ2n) is 7.32. The van der Waals surface area contributed by atoms with Crippen molar-refractivity contribution >= 4 is 17.7 Å². The zero-order valence-corrected chi connectivity index (χ0v) is 15.7. The fraction of sp³-hybridized carbons (Fsp3) is 0.350. The van der Waals surface area contributed by atoms with Gasteiger partial charge in [0, 0.05) is 17.9 Å². The highest BCUT2D eigenvalue weighted by molar-refractivity contribution is 7.99. The molecule has 0 aromatic heterocycles. The molecule has 0 heterocycles. The molecule has 1 aliphatic rings. The Bertz CT molecular complexity index is 833. The molecule has 0 radical (unpaired) electrons. The molecule has 27 heavy (non-hydrogen) atoms. The first-order valence-electron chi connectivity index (χ1n) is 8.52. The maximum Gasteiger partial charge on any atom is 0.226 e. The lowest BCUT2D eigenvalue weighted by Gasteiger charge is -2.25. The molecule has 0 fully saturated rings. The van der Waals surface area contributed by atoms with Gasteiger partial charge in [-0.15, -0.1) is 11.8 Å². The van der Waals surface area contributed by atoms with Crippen LogP contribution in [0, 0.1) is 28.7 Å². The SMILES string of the molecule is CC(C)(CSc1c(F)c(F)cc(F)c1F)C(=O)NC1Cc2ccccc2C1. The molecule has 1 aliphatic carbocycles. The van der Waals surface area contributed by atoms with Gasteiger partial charge in [0.05, 0.1) is 10.3 Å². The van der Waals surface area contributed by atoms with E-state index in [2.05, 4.69) is 5.32 Å². The number of amides is 1. The topological polar surface area (TPSA) is 29.1 Å². The largest absolute Gasteiger partial charge is 0.352 e. The van der Waals surface area contributed by atoms with Crippen LogP contribution < -0.4 is 5.32 Å². The van der Waals surface area contributed by atoms with Gasteiger partial charge in [-0.05, 0) is 24.0 Å². The van der Waals surface area contributed by atoms with Crippen LogP contribution in [0.5, 0.6) is 0 Å². The number of thioether (sulfide) groups is 1. The summed E-state index contributed by atoms with van der Waals surface area (Å²) in [5.74, 6) is -6.10. The molecule has 0 saturated carbocycles. The number of hydrogen-bond acceptors (Lipinski definition) is 2. The lowest BCUT2D eigenvalue weighted by atomic mass is 9.94. The monoisotopic (exact) mass is 397 g/mol. The third-order valence-corrected chi connectivity index (χ3v) is 6.16. The summed E-state index contributed by atoms with van der Waals surface area (Å²) < 4.78 is 54.2. The summed E-state index contributed by atoms with van der Waals surface area (Å²) >= 11 is 0.592. The summed E-state index contributed by atoms with van der Waals surface area (Å²) in [6.07, 6.45) is 1.45. The van der Waals surface area contributed by atoms with Gasteiger partial charge in [-0.3, -0.25) is 4.79 Å². The summed E-state index contributed by atoms with van der Waals surface area (Å²) in [6, 6.07) is 8.07. The van der Waals surface area contributed by atoms with Crippen LogP contribution in [0.3, 0.4) is 0 Å². The van der Waals surface area contributed by atoms with E-state index in [0.717, 1.165) is 12.8 Å². The number of hydrogen-bond donors (Lipinski definition) is 1. The van der Waals surface area contributed by atoms with E-state index < -0.39 is 33.6 Å². The normalized spacial score (nSPS) is 14.3. The molecule has 1 amide bonds. The Balaban J connectivity index is 1.65.